The van der Waals surface area contributed by atoms with Crippen molar-refractivity contribution in [2.75, 3.05) is 28.4 Å². The zero-order valence-electron chi connectivity index (χ0n) is 16.1. The standard InChI is InChI=1S/C19H24N2O5S2/c1-14-12-16(21-10-6-7-11-27(21,22)23)13-15(2)19(14)28(24,25)20-17-8-4-5-9-18(17)26-3/h4-5,8-9,12-13,20H,6-7,10-11H2,1-3H3. The predicted molar refractivity (Wildman–Crippen MR) is 110 cm³/mol. The van der Waals surface area contributed by atoms with E-state index in [1.165, 1.54) is 11.4 Å². The number of para-hydroxylation sites is 2. The fourth-order valence-corrected chi connectivity index (χ4v) is 6.65. The second-order valence-corrected chi connectivity index (χ2v) is 10.4. The molecule has 0 aliphatic carbocycles. The van der Waals surface area contributed by atoms with Crippen LogP contribution in [0.15, 0.2) is 41.3 Å². The van der Waals surface area contributed by atoms with Crippen LogP contribution in [0.4, 0.5) is 11.4 Å². The number of sulfonamides is 2. The van der Waals surface area contributed by atoms with Gasteiger partial charge in [0.25, 0.3) is 10.0 Å². The van der Waals surface area contributed by atoms with Crippen LogP contribution in [0.25, 0.3) is 0 Å². The van der Waals surface area contributed by atoms with Gasteiger partial charge in [-0.3, -0.25) is 9.03 Å². The smallest absolute Gasteiger partial charge is 0.262 e. The minimum atomic E-state index is -3.88. The highest BCUT2D eigenvalue weighted by Gasteiger charge is 2.28. The Morgan fingerprint density at radius 3 is 2.32 bits per heavy atom. The summed E-state index contributed by atoms with van der Waals surface area (Å²) in [4.78, 5) is 0.136. The van der Waals surface area contributed by atoms with Crippen LogP contribution in [0, 0.1) is 13.8 Å². The molecule has 2 aromatic carbocycles. The summed E-state index contributed by atoms with van der Waals surface area (Å²) in [7, 11) is -5.78. The highest BCUT2D eigenvalue weighted by molar-refractivity contribution is 7.93. The SMILES string of the molecule is COc1ccccc1NS(=O)(=O)c1c(C)cc(N2CCCCS2(=O)=O)cc1C. The van der Waals surface area contributed by atoms with E-state index in [0.717, 1.165) is 6.42 Å². The molecule has 1 fully saturated rings. The number of aryl methyl sites for hydroxylation is 2. The summed E-state index contributed by atoms with van der Waals surface area (Å²) in [5, 5.41) is 0. The number of nitrogens with zero attached hydrogens (tertiary/aromatic N) is 1. The van der Waals surface area contributed by atoms with Crippen LogP contribution in [0.3, 0.4) is 0 Å². The van der Waals surface area contributed by atoms with Gasteiger partial charge in [0.1, 0.15) is 5.75 Å². The molecule has 3 rings (SSSR count). The number of benzene rings is 2. The fourth-order valence-electron chi connectivity index (χ4n) is 3.50. The normalized spacial score (nSPS) is 16.6. The topological polar surface area (TPSA) is 92.8 Å². The number of rotatable bonds is 5. The van der Waals surface area contributed by atoms with Crippen molar-refractivity contribution in [2.45, 2.75) is 31.6 Å². The zero-order chi connectivity index (χ0) is 20.5. The number of anilines is 2. The Morgan fingerprint density at radius 1 is 1.07 bits per heavy atom. The molecule has 0 radical (unpaired) electrons. The van der Waals surface area contributed by atoms with E-state index < -0.39 is 20.0 Å². The van der Waals surface area contributed by atoms with Gasteiger partial charge in [-0.1, -0.05) is 12.1 Å². The maximum absolute atomic E-state index is 13.0. The minimum absolute atomic E-state index is 0.112. The molecule has 28 heavy (non-hydrogen) atoms. The third kappa shape index (κ3) is 3.95. The Balaban J connectivity index is 2.01. The second kappa shape index (κ2) is 7.63. The van der Waals surface area contributed by atoms with E-state index in [-0.39, 0.29) is 10.6 Å². The Hall–Kier alpha value is -2.26. The van der Waals surface area contributed by atoms with Gasteiger partial charge >= 0.3 is 0 Å². The largest absolute Gasteiger partial charge is 0.495 e. The molecule has 0 aromatic heterocycles. The summed E-state index contributed by atoms with van der Waals surface area (Å²) >= 11 is 0. The van der Waals surface area contributed by atoms with Gasteiger partial charge in [0.15, 0.2) is 0 Å². The van der Waals surface area contributed by atoms with Crippen LogP contribution < -0.4 is 13.8 Å². The van der Waals surface area contributed by atoms with E-state index in [1.54, 1.807) is 50.2 Å². The van der Waals surface area contributed by atoms with Gasteiger partial charge in [0, 0.05) is 6.54 Å². The van der Waals surface area contributed by atoms with Gasteiger partial charge in [0.05, 0.1) is 29.1 Å². The predicted octanol–water partition coefficient (Wildman–Crippen LogP) is 3.04. The van der Waals surface area contributed by atoms with Crippen LogP contribution in [0.5, 0.6) is 5.75 Å². The quantitative estimate of drug-likeness (QED) is 0.796. The lowest BCUT2D eigenvalue weighted by Gasteiger charge is -2.29. The van der Waals surface area contributed by atoms with Gasteiger partial charge < -0.3 is 4.74 Å². The molecule has 1 N–H and O–H groups in total. The van der Waals surface area contributed by atoms with E-state index in [2.05, 4.69) is 4.72 Å². The van der Waals surface area contributed by atoms with E-state index >= 15 is 0 Å². The van der Waals surface area contributed by atoms with E-state index in [0.29, 0.717) is 41.2 Å². The summed E-state index contributed by atoms with van der Waals surface area (Å²) in [5.74, 6) is 0.526. The maximum Gasteiger partial charge on any atom is 0.262 e. The van der Waals surface area contributed by atoms with Gasteiger partial charge in [-0.2, -0.15) is 0 Å². The van der Waals surface area contributed by atoms with E-state index in [4.69, 9.17) is 4.74 Å². The number of hydrogen-bond donors (Lipinski definition) is 1. The molecule has 2 aromatic rings. The lowest BCUT2D eigenvalue weighted by Crippen LogP contribution is -2.38. The molecule has 7 nitrogen and oxygen atoms in total. The molecule has 0 spiro atoms. The van der Waals surface area contributed by atoms with Crippen molar-refractivity contribution in [3.8, 4) is 5.75 Å². The summed E-state index contributed by atoms with van der Waals surface area (Å²) in [6.07, 6.45) is 1.43. The molecule has 1 aliphatic heterocycles. The zero-order valence-corrected chi connectivity index (χ0v) is 17.7. The summed E-state index contributed by atoms with van der Waals surface area (Å²) in [5.41, 5.74) is 1.81. The molecular formula is C19H24N2O5S2. The van der Waals surface area contributed by atoms with Gasteiger partial charge in [-0.05, 0) is 62.1 Å². The Kier molecular flexibility index (Phi) is 5.58. The minimum Gasteiger partial charge on any atom is -0.495 e. The van der Waals surface area contributed by atoms with Crippen molar-refractivity contribution in [1.29, 1.82) is 0 Å². The second-order valence-electron chi connectivity index (χ2n) is 6.81. The Labute approximate surface area is 166 Å². The van der Waals surface area contributed by atoms with Crippen molar-refractivity contribution in [1.82, 2.24) is 0 Å². The average molecular weight is 425 g/mol. The molecule has 0 saturated carbocycles. The summed E-state index contributed by atoms with van der Waals surface area (Å²) in [6.45, 7) is 3.75. The first-order valence-corrected chi connectivity index (χ1v) is 12.0. The van der Waals surface area contributed by atoms with Gasteiger partial charge in [0.2, 0.25) is 10.0 Å². The maximum atomic E-state index is 13.0. The molecule has 1 heterocycles. The van der Waals surface area contributed by atoms with Crippen LogP contribution in [0.1, 0.15) is 24.0 Å². The first kappa shape index (κ1) is 20.5. The van der Waals surface area contributed by atoms with E-state index in [9.17, 15) is 16.8 Å². The summed E-state index contributed by atoms with van der Waals surface area (Å²) in [6, 6.07) is 9.99. The molecule has 0 unspecified atom stereocenters. The highest BCUT2D eigenvalue weighted by atomic mass is 32.2. The van der Waals surface area contributed by atoms with E-state index in [1.807, 2.05) is 0 Å². The van der Waals surface area contributed by atoms with Crippen LogP contribution in [-0.2, 0) is 20.0 Å². The van der Waals surface area contributed by atoms with Crippen molar-refractivity contribution in [2.24, 2.45) is 0 Å². The first-order valence-electron chi connectivity index (χ1n) is 8.93. The van der Waals surface area contributed by atoms with Crippen molar-refractivity contribution < 1.29 is 21.6 Å². The molecular weight excluding hydrogens is 400 g/mol. The third-order valence-corrected chi connectivity index (χ3v) is 8.24. The Morgan fingerprint density at radius 2 is 1.71 bits per heavy atom. The van der Waals surface area contributed by atoms with Crippen LogP contribution >= 0.6 is 0 Å². The molecule has 9 heteroatoms. The molecule has 0 amide bonds. The van der Waals surface area contributed by atoms with Crippen LogP contribution in [-0.4, -0.2) is 36.2 Å². The number of ether oxygens (including phenoxy) is 1. The highest BCUT2D eigenvalue weighted by Crippen LogP contribution is 2.32. The number of nitrogens with one attached hydrogen (secondary N) is 1. The number of methoxy groups -OCH3 is 1. The van der Waals surface area contributed by atoms with Gasteiger partial charge in [-0.15, -0.1) is 0 Å². The monoisotopic (exact) mass is 424 g/mol. The van der Waals surface area contributed by atoms with Crippen molar-refractivity contribution >= 4 is 31.4 Å². The van der Waals surface area contributed by atoms with Crippen molar-refractivity contribution in [3.63, 3.8) is 0 Å². The molecule has 1 aliphatic rings. The summed E-state index contributed by atoms with van der Waals surface area (Å²) < 4.78 is 60.0. The Bertz CT molecular complexity index is 1070. The lowest BCUT2D eigenvalue weighted by molar-refractivity contribution is 0.417. The number of hydrogen-bond acceptors (Lipinski definition) is 5. The molecule has 1 saturated heterocycles. The third-order valence-electron chi connectivity index (χ3n) is 4.70. The van der Waals surface area contributed by atoms with Crippen molar-refractivity contribution in [3.05, 3.63) is 47.5 Å². The molecule has 152 valence electrons. The average Bonchev–Trinajstić information content (AvgIpc) is 2.60. The molecule has 0 atom stereocenters. The first-order chi connectivity index (χ1) is 13.2. The van der Waals surface area contributed by atoms with Gasteiger partial charge in [-0.25, -0.2) is 16.8 Å². The fraction of sp³-hybridized carbons (Fsp3) is 0.368. The van der Waals surface area contributed by atoms with Crippen LogP contribution in [0.2, 0.25) is 0 Å². The molecule has 0 bridgehead atoms. The lowest BCUT2D eigenvalue weighted by atomic mass is 10.1.